The molecule has 1 amide bonds. The molecular formula is C17H17FN2O4. The number of nitrogens with zero attached hydrogens (tertiary/aromatic N) is 2. The maximum atomic E-state index is 13.0. The number of amides is 1. The van der Waals surface area contributed by atoms with E-state index in [2.05, 4.69) is 0 Å². The molecule has 0 spiro atoms. The van der Waals surface area contributed by atoms with Gasteiger partial charge in [0.05, 0.1) is 18.1 Å². The van der Waals surface area contributed by atoms with E-state index in [1.165, 1.54) is 42.3 Å². The molecule has 24 heavy (non-hydrogen) atoms. The molecule has 2 aromatic rings. The summed E-state index contributed by atoms with van der Waals surface area (Å²) < 4.78 is 17.9. The molecule has 1 unspecified atom stereocenters. The zero-order chi connectivity index (χ0) is 17.9. The summed E-state index contributed by atoms with van der Waals surface area (Å²) in [7, 11) is 2.92. The van der Waals surface area contributed by atoms with Crippen LogP contribution in [-0.2, 0) is 0 Å². The van der Waals surface area contributed by atoms with Gasteiger partial charge in [0.25, 0.3) is 5.91 Å². The van der Waals surface area contributed by atoms with Gasteiger partial charge in [0.1, 0.15) is 5.82 Å². The predicted octanol–water partition coefficient (Wildman–Crippen LogP) is 3.58. The van der Waals surface area contributed by atoms with Crippen molar-refractivity contribution in [2.24, 2.45) is 0 Å². The van der Waals surface area contributed by atoms with E-state index in [4.69, 9.17) is 4.74 Å². The number of nitro groups is 1. The zero-order valence-electron chi connectivity index (χ0n) is 13.5. The Morgan fingerprint density at radius 2 is 1.88 bits per heavy atom. The standard InChI is InChI=1S/C17H17FN2O4/c1-11(12-4-7-14(18)8-5-12)19(2)17(21)13-6-9-16(24-3)15(10-13)20(22)23/h4-11H,1-3H3. The van der Waals surface area contributed by atoms with Gasteiger partial charge in [-0.2, -0.15) is 0 Å². The van der Waals surface area contributed by atoms with E-state index in [-0.39, 0.29) is 34.8 Å². The van der Waals surface area contributed by atoms with Gasteiger partial charge in [0.2, 0.25) is 0 Å². The molecule has 6 nitrogen and oxygen atoms in total. The lowest BCUT2D eigenvalue weighted by molar-refractivity contribution is -0.385. The molecule has 2 aromatic carbocycles. The molecule has 0 N–H and O–H groups in total. The highest BCUT2D eigenvalue weighted by atomic mass is 19.1. The van der Waals surface area contributed by atoms with Crippen LogP contribution in [0.2, 0.25) is 0 Å². The van der Waals surface area contributed by atoms with Crippen molar-refractivity contribution in [1.29, 1.82) is 0 Å². The Morgan fingerprint density at radius 3 is 2.42 bits per heavy atom. The van der Waals surface area contributed by atoms with E-state index in [0.29, 0.717) is 0 Å². The van der Waals surface area contributed by atoms with Crippen molar-refractivity contribution in [3.63, 3.8) is 0 Å². The second kappa shape index (κ2) is 7.08. The van der Waals surface area contributed by atoms with Gasteiger partial charge < -0.3 is 9.64 Å². The lowest BCUT2D eigenvalue weighted by Crippen LogP contribution is -2.29. The molecule has 0 radical (unpaired) electrons. The van der Waals surface area contributed by atoms with E-state index in [1.807, 2.05) is 0 Å². The zero-order valence-corrected chi connectivity index (χ0v) is 13.5. The van der Waals surface area contributed by atoms with Gasteiger partial charge in [-0.1, -0.05) is 12.1 Å². The number of ether oxygens (including phenoxy) is 1. The molecule has 0 bridgehead atoms. The average Bonchev–Trinajstić information content (AvgIpc) is 2.59. The Labute approximate surface area is 138 Å². The molecule has 0 aromatic heterocycles. The fraction of sp³-hybridized carbons (Fsp3) is 0.235. The third kappa shape index (κ3) is 3.51. The number of carbonyl (C=O) groups excluding carboxylic acids is 1. The van der Waals surface area contributed by atoms with Gasteiger partial charge in [0, 0.05) is 18.7 Å². The second-order valence-electron chi connectivity index (χ2n) is 5.29. The summed E-state index contributed by atoms with van der Waals surface area (Å²) in [5.41, 5.74) is 0.667. The minimum Gasteiger partial charge on any atom is -0.490 e. The average molecular weight is 332 g/mol. The van der Waals surface area contributed by atoms with Crippen LogP contribution in [0.3, 0.4) is 0 Å². The minimum absolute atomic E-state index is 0.0887. The van der Waals surface area contributed by atoms with Crippen LogP contribution in [0.4, 0.5) is 10.1 Å². The van der Waals surface area contributed by atoms with Crippen LogP contribution in [0, 0.1) is 15.9 Å². The Balaban J connectivity index is 2.28. The first-order chi connectivity index (χ1) is 11.3. The number of carbonyl (C=O) groups is 1. The van der Waals surface area contributed by atoms with Gasteiger partial charge in [-0.05, 0) is 36.8 Å². The summed E-state index contributed by atoms with van der Waals surface area (Å²) >= 11 is 0. The first kappa shape index (κ1) is 17.4. The van der Waals surface area contributed by atoms with Crippen LogP contribution in [0.5, 0.6) is 5.75 Å². The van der Waals surface area contributed by atoms with Crippen molar-refractivity contribution < 1.29 is 18.8 Å². The molecule has 0 aliphatic heterocycles. The van der Waals surface area contributed by atoms with Crippen molar-refractivity contribution in [1.82, 2.24) is 4.90 Å². The quantitative estimate of drug-likeness (QED) is 0.620. The maximum absolute atomic E-state index is 13.0. The molecule has 2 rings (SSSR count). The van der Waals surface area contributed by atoms with E-state index in [1.54, 1.807) is 26.1 Å². The number of hydrogen-bond donors (Lipinski definition) is 0. The Bertz CT molecular complexity index is 762. The van der Waals surface area contributed by atoms with Crippen LogP contribution >= 0.6 is 0 Å². The SMILES string of the molecule is COc1ccc(C(=O)N(C)C(C)c2ccc(F)cc2)cc1[N+](=O)[O-]. The number of benzene rings is 2. The van der Waals surface area contributed by atoms with Crippen molar-refractivity contribution in [2.45, 2.75) is 13.0 Å². The van der Waals surface area contributed by atoms with Crippen LogP contribution in [0.1, 0.15) is 28.9 Å². The van der Waals surface area contributed by atoms with Crippen molar-refractivity contribution >= 4 is 11.6 Å². The summed E-state index contributed by atoms with van der Waals surface area (Å²) in [6, 6.07) is 9.57. The molecule has 0 saturated carbocycles. The molecule has 126 valence electrons. The molecule has 0 aliphatic carbocycles. The first-order valence-corrected chi connectivity index (χ1v) is 7.20. The van der Waals surface area contributed by atoms with Crippen LogP contribution in [-0.4, -0.2) is 29.9 Å². The number of nitro benzene ring substituents is 1. The maximum Gasteiger partial charge on any atom is 0.311 e. The lowest BCUT2D eigenvalue weighted by atomic mass is 10.1. The third-order valence-corrected chi connectivity index (χ3v) is 3.88. The van der Waals surface area contributed by atoms with Crippen molar-refractivity contribution in [3.8, 4) is 5.75 Å². The number of halogens is 1. The van der Waals surface area contributed by atoms with Crippen LogP contribution < -0.4 is 4.74 Å². The summed E-state index contributed by atoms with van der Waals surface area (Å²) in [5.74, 6) is -0.644. The van der Waals surface area contributed by atoms with E-state index in [9.17, 15) is 19.3 Å². The van der Waals surface area contributed by atoms with E-state index < -0.39 is 4.92 Å². The number of rotatable bonds is 5. The largest absolute Gasteiger partial charge is 0.490 e. The third-order valence-electron chi connectivity index (χ3n) is 3.88. The van der Waals surface area contributed by atoms with Crippen molar-refractivity contribution in [2.75, 3.05) is 14.2 Å². The summed E-state index contributed by atoms with van der Waals surface area (Å²) in [5, 5.41) is 11.1. The molecule has 0 saturated heterocycles. The normalized spacial score (nSPS) is 11.7. The van der Waals surface area contributed by atoms with Gasteiger partial charge >= 0.3 is 5.69 Å². The highest BCUT2D eigenvalue weighted by Gasteiger charge is 2.23. The highest BCUT2D eigenvalue weighted by Crippen LogP contribution is 2.29. The minimum atomic E-state index is -0.598. The van der Waals surface area contributed by atoms with E-state index in [0.717, 1.165) is 5.56 Å². The van der Waals surface area contributed by atoms with Gasteiger partial charge in [0.15, 0.2) is 5.75 Å². The van der Waals surface area contributed by atoms with E-state index >= 15 is 0 Å². The fourth-order valence-electron chi connectivity index (χ4n) is 2.31. The summed E-state index contributed by atoms with van der Waals surface area (Å²) in [6.07, 6.45) is 0. The molecular weight excluding hydrogens is 315 g/mol. The van der Waals surface area contributed by atoms with Crippen LogP contribution in [0.15, 0.2) is 42.5 Å². The molecule has 1 atom stereocenters. The fourth-order valence-corrected chi connectivity index (χ4v) is 2.31. The lowest BCUT2D eigenvalue weighted by Gasteiger charge is -2.25. The van der Waals surface area contributed by atoms with Gasteiger partial charge in [-0.15, -0.1) is 0 Å². The molecule has 0 heterocycles. The Kier molecular flexibility index (Phi) is 5.13. The summed E-state index contributed by atoms with van der Waals surface area (Å²) in [4.78, 5) is 24.5. The Morgan fingerprint density at radius 1 is 1.25 bits per heavy atom. The van der Waals surface area contributed by atoms with Crippen molar-refractivity contribution in [3.05, 3.63) is 69.5 Å². The monoisotopic (exact) mass is 332 g/mol. The predicted molar refractivity (Wildman–Crippen MR) is 86.6 cm³/mol. The van der Waals surface area contributed by atoms with Crippen LogP contribution in [0.25, 0.3) is 0 Å². The van der Waals surface area contributed by atoms with Gasteiger partial charge in [-0.25, -0.2) is 4.39 Å². The van der Waals surface area contributed by atoms with Gasteiger partial charge in [-0.3, -0.25) is 14.9 Å². The molecule has 0 aliphatic rings. The number of hydrogen-bond acceptors (Lipinski definition) is 4. The Hall–Kier alpha value is -2.96. The smallest absolute Gasteiger partial charge is 0.311 e. The molecule has 0 fully saturated rings. The summed E-state index contributed by atoms with van der Waals surface area (Å²) in [6.45, 7) is 1.79. The second-order valence-corrected chi connectivity index (χ2v) is 5.29. The highest BCUT2D eigenvalue weighted by molar-refractivity contribution is 5.95. The topological polar surface area (TPSA) is 72.7 Å². The number of methoxy groups -OCH3 is 1. The molecule has 7 heteroatoms. The first-order valence-electron chi connectivity index (χ1n) is 7.20.